The summed E-state index contributed by atoms with van der Waals surface area (Å²) in [6.07, 6.45) is 0.826. The van der Waals surface area contributed by atoms with Gasteiger partial charge in [-0.1, -0.05) is 0 Å². The monoisotopic (exact) mass is 223 g/mol. The molecule has 0 unspecified atom stereocenters. The molecule has 16 heavy (non-hydrogen) atoms. The Morgan fingerprint density at radius 3 is 2.94 bits per heavy atom. The van der Waals surface area contributed by atoms with Gasteiger partial charge in [0.15, 0.2) is 0 Å². The van der Waals surface area contributed by atoms with Gasteiger partial charge >= 0.3 is 0 Å². The third kappa shape index (κ3) is 2.29. The van der Waals surface area contributed by atoms with Gasteiger partial charge in [0.05, 0.1) is 25.5 Å². The number of nitrogen functional groups attached to an aromatic ring is 1. The number of rotatable bonds is 3. The maximum atomic E-state index is 5.46. The molecule has 6 heteroatoms. The molecule has 1 aliphatic rings. The molecule has 0 saturated heterocycles. The summed E-state index contributed by atoms with van der Waals surface area (Å²) in [6.45, 7) is 1.97. The fourth-order valence-corrected chi connectivity index (χ4v) is 1.76. The van der Waals surface area contributed by atoms with Crippen LogP contribution in [0, 0.1) is 0 Å². The van der Waals surface area contributed by atoms with Gasteiger partial charge in [-0.05, 0) is 14.1 Å². The zero-order chi connectivity index (χ0) is 11.5. The molecule has 0 radical (unpaired) electrons. The van der Waals surface area contributed by atoms with Crippen molar-refractivity contribution in [1.29, 1.82) is 0 Å². The van der Waals surface area contributed by atoms with Crippen LogP contribution in [0.4, 0.5) is 5.82 Å². The Hall–Kier alpha value is -1.24. The summed E-state index contributed by atoms with van der Waals surface area (Å²) in [6, 6.07) is 0. The van der Waals surface area contributed by atoms with Crippen molar-refractivity contribution in [2.24, 2.45) is 5.84 Å². The summed E-state index contributed by atoms with van der Waals surface area (Å²) in [7, 11) is 3.98. The molecule has 0 aliphatic carbocycles. The van der Waals surface area contributed by atoms with E-state index in [1.165, 1.54) is 0 Å². The van der Waals surface area contributed by atoms with E-state index in [1.54, 1.807) is 0 Å². The largest absolute Gasteiger partial charge is 0.376 e. The summed E-state index contributed by atoms with van der Waals surface area (Å²) < 4.78 is 5.37. The van der Waals surface area contributed by atoms with Crippen LogP contribution < -0.4 is 11.3 Å². The molecule has 0 spiro atoms. The molecule has 0 amide bonds. The lowest BCUT2D eigenvalue weighted by Crippen LogP contribution is -2.22. The van der Waals surface area contributed by atoms with Crippen LogP contribution in [-0.4, -0.2) is 35.6 Å². The Morgan fingerprint density at radius 2 is 2.25 bits per heavy atom. The molecule has 2 heterocycles. The topological polar surface area (TPSA) is 76.3 Å². The lowest BCUT2D eigenvalue weighted by molar-refractivity contribution is 0.109. The summed E-state index contributed by atoms with van der Waals surface area (Å²) in [5.41, 5.74) is 4.65. The van der Waals surface area contributed by atoms with Crippen molar-refractivity contribution in [2.75, 3.05) is 26.1 Å². The van der Waals surface area contributed by atoms with Crippen LogP contribution in [0.5, 0.6) is 0 Å². The SMILES string of the molecule is CN(C)Cc1nc2c(c(NN)n1)COCC2. The molecule has 0 atom stereocenters. The smallest absolute Gasteiger partial charge is 0.149 e. The van der Waals surface area contributed by atoms with Crippen LogP contribution in [0.25, 0.3) is 0 Å². The molecule has 2 rings (SSSR count). The van der Waals surface area contributed by atoms with Crippen molar-refractivity contribution in [3.63, 3.8) is 0 Å². The predicted molar refractivity (Wildman–Crippen MR) is 60.6 cm³/mol. The first kappa shape index (κ1) is 11.3. The number of nitrogens with two attached hydrogens (primary N) is 1. The molecule has 6 nitrogen and oxygen atoms in total. The average molecular weight is 223 g/mol. The molecule has 0 fully saturated rings. The fraction of sp³-hybridized carbons (Fsp3) is 0.600. The van der Waals surface area contributed by atoms with E-state index in [9.17, 15) is 0 Å². The van der Waals surface area contributed by atoms with Gasteiger partial charge in [-0.2, -0.15) is 0 Å². The number of hydrazine groups is 1. The molecule has 88 valence electrons. The normalized spacial score (nSPS) is 15.0. The van der Waals surface area contributed by atoms with Gasteiger partial charge in [-0.15, -0.1) is 0 Å². The van der Waals surface area contributed by atoms with Crippen molar-refractivity contribution in [3.05, 3.63) is 17.1 Å². The maximum absolute atomic E-state index is 5.46. The number of nitrogens with zero attached hydrogens (tertiary/aromatic N) is 3. The van der Waals surface area contributed by atoms with Gasteiger partial charge < -0.3 is 15.1 Å². The van der Waals surface area contributed by atoms with Crippen molar-refractivity contribution in [1.82, 2.24) is 14.9 Å². The highest BCUT2D eigenvalue weighted by molar-refractivity contribution is 5.46. The first-order chi connectivity index (χ1) is 7.70. The number of ether oxygens (including phenoxy) is 1. The van der Waals surface area contributed by atoms with Crippen molar-refractivity contribution in [2.45, 2.75) is 19.6 Å². The lowest BCUT2D eigenvalue weighted by atomic mass is 10.1. The Labute approximate surface area is 94.8 Å². The minimum Gasteiger partial charge on any atom is -0.376 e. The predicted octanol–water partition coefficient (Wildman–Crippen LogP) is -0.104. The Kier molecular flexibility index (Phi) is 3.33. The van der Waals surface area contributed by atoms with E-state index in [2.05, 4.69) is 15.4 Å². The van der Waals surface area contributed by atoms with Crippen LogP contribution in [-0.2, 0) is 24.3 Å². The first-order valence-corrected chi connectivity index (χ1v) is 5.28. The molecular weight excluding hydrogens is 206 g/mol. The molecule has 0 saturated carbocycles. The standard InChI is InChI=1S/C10H17N5O/c1-15(2)5-9-12-8-3-4-16-6-7(8)10(13-9)14-11/h3-6,11H2,1-2H3,(H,12,13,14). The molecule has 1 aromatic rings. The molecule has 1 aliphatic heterocycles. The third-order valence-corrected chi connectivity index (χ3v) is 2.46. The van der Waals surface area contributed by atoms with Crippen LogP contribution >= 0.6 is 0 Å². The third-order valence-electron chi connectivity index (χ3n) is 2.46. The van der Waals surface area contributed by atoms with Gasteiger partial charge in [0.2, 0.25) is 0 Å². The number of fused-ring (bicyclic) bond motifs is 1. The number of nitrogens with one attached hydrogen (secondary N) is 1. The van der Waals surface area contributed by atoms with Crippen LogP contribution in [0.2, 0.25) is 0 Å². The van der Waals surface area contributed by atoms with Crippen molar-refractivity contribution < 1.29 is 4.74 Å². The summed E-state index contributed by atoms with van der Waals surface area (Å²) >= 11 is 0. The van der Waals surface area contributed by atoms with Gasteiger partial charge in [0, 0.05) is 12.0 Å². The summed E-state index contributed by atoms with van der Waals surface area (Å²) in [5, 5.41) is 0. The minimum atomic E-state index is 0.539. The highest BCUT2D eigenvalue weighted by Crippen LogP contribution is 2.21. The Balaban J connectivity index is 2.35. The second-order valence-corrected chi connectivity index (χ2v) is 4.10. The summed E-state index contributed by atoms with van der Waals surface area (Å²) in [5.74, 6) is 6.94. The second-order valence-electron chi connectivity index (χ2n) is 4.10. The van der Waals surface area contributed by atoms with Gasteiger partial charge in [-0.25, -0.2) is 15.8 Å². The molecular formula is C10H17N5O. The zero-order valence-corrected chi connectivity index (χ0v) is 9.66. The van der Waals surface area contributed by atoms with Crippen LogP contribution in [0.1, 0.15) is 17.1 Å². The number of hydrogen-bond acceptors (Lipinski definition) is 6. The number of hydrogen-bond donors (Lipinski definition) is 2. The number of aromatic nitrogens is 2. The van der Waals surface area contributed by atoms with E-state index >= 15 is 0 Å². The number of anilines is 1. The molecule has 3 N–H and O–H groups in total. The molecule has 0 bridgehead atoms. The highest BCUT2D eigenvalue weighted by Gasteiger charge is 2.17. The Bertz CT molecular complexity index is 362. The van der Waals surface area contributed by atoms with E-state index < -0.39 is 0 Å². The lowest BCUT2D eigenvalue weighted by Gasteiger charge is -2.19. The first-order valence-electron chi connectivity index (χ1n) is 5.28. The quantitative estimate of drug-likeness (QED) is 0.550. The maximum Gasteiger partial charge on any atom is 0.149 e. The second kappa shape index (κ2) is 4.73. The van der Waals surface area contributed by atoms with E-state index in [0.29, 0.717) is 19.0 Å². The Morgan fingerprint density at radius 1 is 1.44 bits per heavy atom. The van der Waals surface area contributed by atoms with E-state index in [0.717, 1.165) is 30.1 Å². The van der Waals surface area contributed by atoms with Crippen LogP contribution in [0.15, 0.2) is 0 Å². The average Bonchev–Trinajstić information content (AvgIpc) is 2.27. The van der Waals surface area contributed by atoms with E-state index in [4.69, 9.17) is 10.6 Å². The highest BCUT2D eigenvalue weighted by atomic mass is 16.5. The van der Waals surface area contributed by atoms with Gasteiger partial charge in [-0.3, -0.25) is 0 Å². The van der Waals surface area contributed by atoms with E-state index in [1.807, 2.05) is 19.0 Å². The van der Waals surface area contributed by atoms with Gasteiger partial charge in [0.25, 0.3) is 0 Å². The minimum absolute atomic E-state index is 0.539. The van der Waals surface area contributed by atoms with Crippen molar-refractivity contribution >= 4 is 5.82 Å². The summed E-state index contributed by atoms with van der Waals surface area (Å²) in [4.78, 5) is 10.9. The van der Waals surface area contributed by atoms with Crippen LogP contribution in [0.3, 0.4) is 0 Å². The van der Waals surface area contributed by atoms with Gasteiger partial charge in [0.1, 0.15) is 11.6 Å². The van der Waals surface area contributed by atoms with E-state index in [-0.39, 0.29) is 0 Å². The fourth-order valence-electron chi connectivity index (χ4n) is 1.76. The zero-order valence-electron chi connectivity index (χ0n) is 9.66. The van der Waals surface area contributed by atoms with Crippen molar-refractivity contribution in [3.8, 4) is 0 Å². The molecule has 1 aromatic heterocycles. The molecule has 0 aromatic carbocycles.